The Hall–Kier alpha value is -0.530. The van der Waals surface area contributed by atoms with Gasteiger partial charge in [0.05, 0.1) is 0 Å². The van der Waals surface area contributed by atoms with E-state index in [-0.39, 0.29) is 0 Å². The molecule has 1 aliphatic carbocycles. The van der Waals surface area contributed by atoms with Gasteiger partial charge in [-0.1, -0.05) is 58.8 Å². The van der Waals surface area contributed by atoms with E-state index in [0.717, 1.165) is 25.9 Å². The van der Waals surface area contributed by atoms with E-state index in [0.29, 0.717) is 11.8 Å². The summed E-state index contributed by atoms with van der Waals surface area (Å²) in [6, 6.07) is 0. The molecule has 2 heteroatoms. The van der Waals surface area contributed by atoms with Crippen LogP contribution in [0.1, 0.15) is 84.5 Å². The average molecular weight is 267 g/mol. The molecule has 0 saturated heterocycles. The Morgan fingerprint density at radius 2 is 1.42 bits per heavy atom. The van der Waals surface area contributed by atoms with Crippen molar-refractivity contribution in [3.05, 3.63) is 0 Å². The van der Waals surface area contributed by atoms with Crippen LogP contribution in [0.3, 0.4) is 0 Å². The molecule has 0 atom stereocenters. The van der Waals surface area contributed by atoms with Crippen molar-refractivity contribution in [2.45, 2.75) is 84.5 Å². The highest BCUT2D eigenvalue weighted by Gasteiger charge is 2.28. The van der Waals surface area contributed by atoms with Gasteiger partial charge < -0.3 is 4.90 Å². The average Bonchev–Trinajstić information content (AvgIpc) is 2.34. The minimum absolute atomic E-state index is 0.373. The van der Waals surface area contributed by atoms with Gasteiger partial charge in [0.2, 0.25) is 5.91 Å². The van der Waals surface area contributed by atoms with Crippen molar-refractivity contribution in [1.82, 2.24) is 4.90 Å². The second-order valence-corrected chi connectivity index (χ2v) is 6.07. The van der Waals surface area contributed by atoms with Gasteiger partial charge in [-0.05, 0) is 25.7 Å². The molecule has 112 valence electrons. The Labute approximate surface area is 119 Å². The summed E-state index contributed by atoms with van der Waals surface area (Å²) in [5.41, 5.74) is 0. The summed E-state index contributed by atoms with van der Waals surface area (Å²) >= 11 is 0. The highest BCUT2D eigenvalue weighted by atomic mass is 16.2. The maximum atomic E-state index is 12.4. The molecule has 1 fully saturated rings. The number of hydrogen-bond acceptors (Lipinski definition) is 1. The van der Waals surface area contributed by atoms with Gasteiger partial charge in [-0.25, -0.2) is 0 Å². The number of unbranched alkanes of at least 4 members (excludes halogenated alkanes) is 6. The topological polar surface area (TPSA) is 20.3 Å². The number of rotatable bonds is 11. The number of hydrogen-bond donors (Lipinski definition) is 0. The SMILES string of the molecule is CCCCCCN(CCCCCC)C(=O)C1CCC1. The molecule has 0 aromatic rings. The normalized spacial score (nSPS) is 15.3. The lowest BCUT2D eigenvalue weighted by Crippen LogP contribution is -2.40. The number of carbonyl (C=O) groups is 1. The van der Waals surface area contributed by atoms with Crippen LogP contribution in [0.2, 0.25) is 0 Å². The lowest BCUT2D eigenvalue weighted by atomic mass is 9.84. The van der Waals surface area contributed by atoms with Crippen molar-refractivity contribution in [3.8, 4) is 0 Å². The van der Waals surface area contributed by atoms with Crippen molar-refractivity contribution in [2.24, 2.45) is 5.92 Å². The van der Waals surface area contributed by atoms with Gasteiger partial charge in [-0.2, -0.15) is 0 Å². The fraction of sp³-hybridized carbons (Fsp3) is 0.941. The fourth-order valence-electron chi connectivity index (χ4n) is 2.70. The molecule has 0 aromatic carbocycles. The summed E-state index contributed by atoms with van der Waals surface area (Å²) in [6.45, 7) is 6.48. The first-order chi connectivity index (χ1) is 9.29. The Balaban J connectivity index is 2.26. The zero-order valence-electron chi connectivity index (χ0n) is 13.1. The third-order valence-electron chi connectivity index (χ3n) is 4.33. The van der Waals surface area contributed by atoms with Crippen LogP contribution < -0.4 is 0 Å². The standard InChI is InChI=1S/C17H33NO/c1-3-5-7-9-14-18(15-10-8-6-4-2)17(19)16-12-11-13-16/h16H,3-15H2,1-2H3. The lowest BCUT2D eigenvalue weighted by Gasteiger charge is -2.32. The van der Waals surface area contributed by atoms with Crippen molar-refractivity contribution in [1.29, 1.82) is 0 Å². The molecule has 0 spiro atoms. The van der Waals surface area contributed by atoms with E-state index in [1.165, 1.54) is 57.8 Å². The first-order valence-electron chi connectivity index (χ1n) is 8.58. The molecule has 1 saturated carbocycles. The zero-order valence-corrected chi connectivity index (χ0v) is 13.1. The van der Waals surface area contributed by atoms with Crippen LogP contribution in [0.25, 0.3) is 0 Å². The van der Waals surface area contributed by atoms with Crippen molar-refractivity contribution in [3.63, 3.8) is 0 Å². The third kappa shape index (κ3) is 6.44. The predicted molar refractivity (Wildman–Crippen MR) is 82.2 cm³/mol. The lowest BCUT2D eigenvalue weighted by molar-refractivity contribution is -0.138. The first kappa shape index (κ1) is 16.5. The van der Waals surface area contributed by atoms with E-state index in [9.17, 15) is 4.79 Å². The molecule has 1 rings (SSSR count). The van der Waals surface area contributed by atoms with Crippen molar-refractivity contribution < 1.29 is 4.79 Å². The Morgan fingerprint density at radius 1 is 0.895 bits per heavy atom. The van der Waals surface area contributed by atoms with Gasteiger partial charge in [0.1, 0.15) is 0 Å². The third-order valence-corrected chi connectivity index (χ3v) is 4.33. The second kappa shape index (κ2) is 10.3. The summed E-state index contributed by atoms with van der Waals surface area (Å²) in [6.07, 6.45) is 13.6. The highest BCUT2D eigenvalue weighted by Crippen LogP contribution is 2.28. The zero-order chi connectivity index (χ0) is 13.9. The molecule has 19 heavy (non-hydrogen) atoms. The van der Waals surface area contributed by atoms with Gasteiger partial charge in [0.25, 0.3) is 0 Å². The monoisotopic (exact) mass is 267 g/mol. The van der Waals surface area contributed by atoms with Crippen LogP contribution in [0.5, 0.6) is 0 Å². The van der Waals surface area contributed by atoms with Gasteiger partial charge in [0, 0.05) is 19.0 Å². The molecule has 0 unspecified atom stereocenters. The second-order valence-electron chi connectivity index (χ2n) is 6.07. The molecule has 0 bridgehead atoms. The van der Waals surface area contributed by atoms with Crippen LogP contribution in [0.15, 0.2) is 0 Å². The molecule has 2 nitrogen and oxygen atoms in total. The quantitative estimate of drug-likeness (QED) is 0.493. The summed E-state index contributed by atoms with van der Waals surface area (Å²) in [7, 11) is 0. The highest BCUT2D eigenvalue weighted by molar-refractivity contribution is 5.79. The van der Waals surface area contributed by atoms with E-state index in [1.807, 2.05) is 0 Å². The fourth-order valence-corrected chi connectivity index (χ4v) is 2.70. The summed E-state index contributed by atoms with van der Waals surface area (Å²) in [5.74, 6) is 0.830. The molecule has 0 aliphatic heterocycles. The van der Waals surface area contributed by atoms with E-state index in [1.54, 1.807) is 0 Å². The molecule has 0 N–H and O–H groups in total. The van der Waals surface area contributed by atoms with Gasteiger partial charge in [0.15, 0.2) is 0 Å². The van der Waals surface area contributed by atoms with E-state index in [4.69, 9.17) is 0 Å². The number of amides is 1. The van der Waals surface area contributed by atoms with Crippen LogP contribution in [0, 0.1) is 5.92 Å². The molecule has 1 amide bonds. The Kier molecular flexibility index (Phi) is 8.94. The minimum Gasteiger partial charge on any atom is -0.342 e. The number of carbonyl (C=O) groups excluding carboxylic acids is 1. The van der Waals surface area contributed by atoms with E-state index < -0.39 is 0 Å². The van der Waals surface area contributed by atoms with Crippen LogP contribution in [0.4, 0.5) is 0 Å². The maximum absolute atomic E-state index is 12.4. The van der Waals surface area contributed by atoms with Gasteiger partial charge >= 0.3 is 0 Å². The summed E-state index contributed by atoms with van der Waals surface area (Å²) < 4.78 is 0. The van der Waals surface area contributed by atoms with E-state index >= 15 is 0 Å². The molecule has 1 aliphatic rings. The molecular formula is C17H33NO. The summed E-state index contributed by atoms with van der Waals surface area (Å²) in [5, 5.41) is 0. The van der Waals surface area contributed by atoms with Gasteiger partial charge in [-0.3, -0.25) is 4.79 Å². The van der Waals surface area contributed by atoms with Crippen LogP contribution in [-0.4, -0.2) is 23.9 Å². The molecule has 0 radical (unpaired) electrons. The largest absolute Gasteiger partial charge is 0.342 e. The predicted octanol–water partition coefficient (Wildman–Crippen LogP) is 4.78. The van der Waals surface area contributed by atoms with Gasteiger partial charge in [-0.15, -0.1) is 0 Å². The smallest absolute Gasteiger partial charge is 0.225 e. The van der Waals surface area contributed by atoms with Crippen molar-refractivity contribution >= 4 is 5.91 Å². The Morgan fingerprint density at radius 3 is 1.79 bits per heavy atom. The first-order valence-corrected chi connectivity index (χ1v) is 8.58. The molecular weight excluding hydrogens is 234 g/mol. The maximum Gasteiger partial charge on any atom is 0.225 e. The minimum atomic E-state index is 0.373. The van der Waals surface area contributed by atoms with Crippen molar-refractivity contribution in [2.75, 3.05) is 13.1 Å². The molecule has 0 aromatic heterocycles. The van der Waals surface area contributed by atoms with Crippen LogP contribution in [-0.2, 0) is 4.79 Å². The Bertz CT molecular complexity index is 223. The van der Waals surface area contributed by atoms with E-state index in [2.05, 4.69) is 18.7 Å². The molecule has 0 heterocycles. The number of nitrogens with zero attached hydrogens (tertiary/aromatic N) is 1. The summed E-state index contributed by atoms with van der Waals surface area (Å²) in [4.78, 5) is 14.6. The van der Waals surface area contributed by atoms with Crippen LogP contribution >= 0.6 is 0 Å².